The van der Waals surface area contributed by atoms with Gasteiger partial charge in [0, 0.05) is 0 Å². The maximum absolute atomic E-state index is 12.5. The Morgan fingerprint density at radius 3 is 1.56 bits per heavy atom. The lowest BCUT2D eigenvalue weighted by atomic mass is 10.1. The Morgan fingerprint density at radius 1 is 1.00 bits per heavy atom. The van der Waals surface area contributed by atoms with E-state index in [0.717, 1.165) is 0 Å². The summed E-state index contributed by atoms with van der Waals surface area (Å²) in [5.41, 5.74) is 0. The number of halogens is 8. The van der Waals surface area contributed by atoms with Gasteiger partial charge in [0.05, 0.1) is 6.42 Å². The second-order valence-electron chi connectivity index (χ2n) is 2.90. The van der Waals surface area contributed by atoms with E-state index in [2.05, 4.69) is 0 Å². The van der Waals surface area contributed by atoms with Gasteiger partial charge >= 0.3 is 27.5 Å². The van der Waals surface area contributed by atoms with Gasteiger partial charge in [-0.05, 0) is 0 Å². The van der Waals surface area contributed by atoms with Crippen LogP contribution < -0.4 is 6.15 Å². The van der Waals surface area contributed by atoms with Crippen LogP contribution in [0.25, 0.3) is 0 Å². The van der Waals surface area contributed by atoms with E-state index in [0.29, 0.717) is 0 Å². The van der Waals surface area contributed by atoms with E-state index in [1.807, 2.05) is 0 Å². The van der Waals surface area contributed by atoms with Crippen LogP contribution in [-0.4, -0.2) is 36.5 Å². The zero-order valence-electron chi connectivity index (χ0n) is 8.19. The molecule has 112 valence electrons. The highest BCUT2D eigenvalue weighted by molar-refractivity contribution is 7.87. The molecule has 0 radical (unpaired) electrons. The fourth-order valence-electron chi connectivity index (χ4n) is 0.686. The van der Waals surface area contributed by atoms with Crippen molar-refractivity contribution >= 4 is 10.1 Å². The first-order valence-corrected chi connectivity index (χ1v) is 5.00. The lowest BCUT2D eigenvalue weighted by Gasteiger charge is -2.26. The molecule has 13 heteroatoms. The first kappa shape index (κ1) is 19.6. The number of hydrogen-bond donors (Lipinski definition) is 2. The van der Waals surface area contributed by atoms with Gasteiger partial charge in [0.25, 0.3) is 0 Å². The minimum atomic E-state index is -6.75. The highest BCUT2D eigenvalue weighted by Gasteiger charge is 2.70. The van der Waals surface area contributed by atoms with Gasteiger partial charge in [-0.2, -0.15) is 39.2 Å². The molecule has 1 atom stereocenters. The third kappa shape index (κ3) is 3.91. The Bertz CT molecular complexity index is 377. The normalized spacial score (nSPS) is 16.1. The molecular weight excluding hydrogens is 306 g/mol. The van der Waals surface area contributed by atoms with Crippen LogP contribution in [-0.2, 0) is 10.1 Å². The van der Waals surface area contributed by atoms with Crippen LogP contribution in [0.1, 0.15) is 6.42 Å². The number of rotatable bonds is 4. The Balaban J connectivity index is 0. The summed E-state index contributed by atoms with van der Waals surface area (Å²) in [6.45, 7) is 0. The minimum absolute atomic E-state index is 0. The molecule has 18 heavy (non-hydrogen) atoms. The fraction of sp³-hybridized carbons (Fsp3) is 1.00. The molecule has 0 aliphatic heterocycles. The van der Waals surface area contributed by atoms with Crippen LogP contribution in [0.5, 0.6) is 0 Å². The molecule has 4 nitrogen and oxygen atoms in total. The van der Waals surface area contributed by atoms with Crippen LogP contribution in [0.2, 0.25) is 0 Å². The summed E-state index contributed by atoms with van der Waals surface area (Å²) in [5.74, 6) is -6.21. The van der Waals surface area contributed by atoms with Crippen LogP contribution in [0, 0.1) is 0 Å². The maximum atomic E-state index is 12.5. The summed E-state index contributed by atoms with van der Waals surface area (Å²) < 4.78 is 124. The molecule has 0 rings (SSSR count). The number of hydrogen-bond acceptors (Lipinski definition) is 3. The second-order valence-corrected chi connectivity index (χ2v) is 4.36. The van der Waals surface area contributed by atoms with Crippen molar-refractivity contribution in [2.75, 3.05) is 0 Å². The molecule has 0 saturated carbocycles. The first-order valence-electron chi connectivity index (χ1n) is 3.56. The van der Waals surface area contributed by atoms with Crippen molar-refractivity contribution in [1.82, 2.24) is 6.15 Å². The third-order valence-corrected chi connectivity index (χ3v) is 2.44. The Hall–Kier alpha value is -0.690. The van der Waals surface area contributed by atoms with E-state index in [9.17, 15) is 43.5 Å². The summed E-state index contributed by atoms with van der Waals surface area (Å²) in [7, 11) is -6.75. The van der Waals surface area contributed by atoms with Gasteiger partial charge < -0.3 is 6.15 Å². The molecule has 0 bridgehead atoms. The van der Waals surface area contributed by atoms with Crippen molar-refractivity contribution in [3.63, 3.8) is 0 Å². The van der Waals surface area contributed by atoms with Crippen molar-refractivity contribution in [1.29, 1.82) is 0 Å². The molecular formula is C5H7F8NO3S. The smallest absolute Gasteiger partial charge is 0.344 e. The van der Waals surface area contributed by atoms with Crippen molar-refractivity contribution in [3.05, 3.63) is 0 Å². The van der Waals surface area contributed by atoms with Gasteiger partial charge in [0.1, 0.15) is 0 Å². The monoisotopic (exact) mass is 313 g/mol. The number of alkyl halides is 8. The quantitative estimate of drug-likeness (QED) is 0.616. The summed E-state index contributed by atoms with van der Waals surface area (Å²) in [6.07, 6.45) is -13.0. The molecule has 0 amide bonds. The molecule has 4 N–H and O–H groups in total. The highest BCUT2D eigenvalue weighted by Crippen LogP contribution is 2.44. The summed E-state index contributed by atoms with van der Waals surface area (Å²) in [5, 5.41) is -6.36. The minimum Gasteiger partial charge on any atom is -0.344 e. The van der Waals surface area contributed by atoms with Gasteiger partial charge in [-0.15, -0.1) is 0 Å². The zero-order valence-corrected chi connectivity index (χ0v) is 9.00. The van der Waals surface area contributed by atoms with E-state index in [-0.39, 0.29) is 6.15 Å². The largest absolute Gasteiger partial charge is 0.434 e. The van der Waals surface area contributed by atoms with Gasteiger partial charge in [-0.1, -0.05) is 0 Å². The molecule has 0 aromatic heterocycles. The Morgan fingerprint density at radius 2 is 1.33 bits per heavy atom. The molecule has 0 heterocycles. The standard InChI is InChI=1S/C5H4F8O3S.H3N/c6-2(1-3(7,8)9)4(10,11)5(12,13)17(14,15)16;/h2H,1H2,(H,14,15,16);1H3. The molecule has 0 spiro atoms. The van der Waals surface area contributed by atoms with Crippen molar-refractivity contribution < 1.29 is 48.1 Å². The summed E-state index contributed by atoms with van der Waals surface area (Å²) >= 11 is 0. The molecule has 0 aliphatic rings. The molecule has 0 fully saturated rings. The molecule has 0 aromatic carbocycles. The van der Waals surface area contributed by atoms with Gasteiger partial charge in [0.15, 0.2) is 6.17 Å². The average Bonchev–Trinajstić information content (AvgIpc) is 1.97. The predicted molar refractivity (Wildman–Crippen MR) is 42.0 cm³/mol. The van der Waals surface area contributed by atoms with Crippen LogP contribution in [0.4, 0.5) is 35.1 Å². The van der Waals surface area contributed by atoms with E-state index >= 15 is 0 Å². The summed E-state index contributed by atoms with van der Waals surface area (Å²) in [6, 6.07) is 0. The lowest BCUT2D eigenvalue weighted by Crippen LogP contribution is -2.53. The van der Waals surface area contributed by atoms with E-state index in [1.165, 1.54) is 0 Å². The Kier molecular flexibility index (Phi) is 5.59. The van der Waals surface area contributed by atoms with Crippen molar-refractivity contribution in [2.24, 2.45) is 0 Å². The van der Waals surface area contributed by atoms with Crippen LogP contribution >= 0.6 is 0 Å². The Labute approximate surface area is 95.3 Å². The van der Waals surface area contributed by atoms with E-state index in [1.54, 1.807) is 0 Å². The summed E-state index contributed by atoms with van der Waals surface area (Å²) in [4.78, 5) is 0. The van der Waals surface area contributed by atoms with Gasteiger partial charge in [-0.25, -0.2) is 4.39 Å². The lowest BCUT2D eigenvalue weighted by molar-refractivity contribution is -0.227. The van der Waals surface area contributed by atoms with Gasteiger partial charge in [0.2, 0.25) is 0 Å². The van der Waals surface area contributed by atoms with Crippen LogP contribution in [0.3, 0.4) is 0 Å². The van der Waals surface area contributed by atoms with Crippen LogP contribution in [0.15, 0.2) is 0 Å². The predicted octanol–water partition coefficient (Wildman–Crippen LogP) is 2.55. The topological polar surface area (TPSA) is 89.4 Å². The maximum Gasteiger partial charge on any atom is 0.434 e. The van der Waals surface area contributed by atoms with Crippen molar-refractivity contribution in [3.8, 4) is 0 Å². The average molecular weight is 313 g/mol. The second kappa shape index (κ2) is 5.13. The fourth-order valence-corrected chi connectivity index (χ4v) is 1.16. The third-order valence-electron chi connectivity index (χ3n) is 1.52. The molecule has 0 saturated heterocycles. The van der Waals surface area contributed by atoms with E-state index < -0.39 is 40.1 Å². The molecule has 0 aliphatic carbocycles. The molecule has 0 aromatic rings. The van der Waals surface area contributed by atoms with E-state index in [4.69, 9.17) is 4.55 Å². The highest BCUT2D eigenvalue weighted by atomic mass is 32.2. The molecule has 1 unspecified atom stereocenters. The SMILES string of the molecule is N.O=S(=O)(O)C(F)(F)C(F)(F)C(F)CC(F)(F)F. The first-order chi connectivity index (χ1) is 7.13. The van der Waals surface area contributed by atoms with Gasteiger partial charge in [-0.3, -0.25) is 4.55 Å². The van der Waals surface area contributed by atoms with Crippen molar-refractivity contribution in [2.45, 2.75) is 29.9 Å². The zero-order chi connectivity index (χ0) is 14.3.